The molecule has 1 aliphatic heterocycles. The summed E-state index contributed by atoms with van der Waals surface area (Å²) in [6, 6.07) is 16.4. The number of carbonyl (C=O) groups excluding carboxylic acids is 1. The third kappa shape index (κ3) is 4.46. The quantitative estimate of drug-likeness (QED) is 0.597. The van der Waals surface area contributed by atoms with E-state index < -0.39 is 0 Å². The van der Waals surface area contributed by atoms with Gasteiger partial charge in [-0.15, -0.1) is 0 Å². The molecular weight excluding hydrogens is 418 g/mol. The first kappa shape index (κ1) is 19.2. The van der Waals surface area contributed by atoms with Crippen LogP contribution in [0.3, 0.4) is 0 Å². The summed E-state index contributed by atoms with van der Waals surface area (Å²) in [4.78, 5) is 18.1. The van der Waals surface area contributed by atoms with Gasteiger partial charge in [0.05, 0.1) is 0 Å². The fourth-order valence-corrected chi connectivity index (χ4v) is 4.04. The van der Waals surface area contributed by atoms with Crippen molar-refractivity contribution in [1.82, 2.24) is 9.88 Å². The third-order valence-electron chi connectivity index (χ3n) is 5.29. The molecule has 0 unspecified atom stereocenters. The number of benzene rings is 2. The second-order valence-electron chi connectivity index (χ2n) is 7.32. The first-order valence-corrected chi connectivity index (χ1v) is 10.3. The van der Waals surface area contributed by atoms with E-state index in [9.17, 15) is 4.79 Å². The highest BCUT2D eigenvalue weighted by Crippen LogP contribution is 2.22. The van der Waals surface area contributed by atoms with Crippen LogP contribution in [0.5, 0.6) is 0 Å². The summed E-state index contributed by atoms with van der Waals surface area (Å²) in [6.45, 7) is 2.60. The lowest BCUT2D eigenvalue weighted by Crippen LogP contribution is -2.36. The number of hydrogen-bond acceptors (Lipinski definition) is 3. The maximum absolute atomic E-state index is 12.6. The highest BCUT2D eigenvalue weighted by Gasteiger charge is 2.18. The molecule has 6 heteroatoms. The van der Waals surface area contributed by atoms with E-state index in [2.05, 4.69) is 50.3 Å². The number of nitrogens with one attached hydrogen (secondary N) is 2. The van der Waals surface area contributed by atoms with Crippen LogP contribution in [0.2, 0.25) is 0 Å². The Hall–Kier alpha value is -2.15. The van der Waals surface area contributed by atoms with Gasteiger partial charge in [0.1, 0.15) is 5.69 Å². The van der Waals surface area contributed by atoms with Crippen LogP contribution in [-0.4, -0.2) is 42.1 Å². The van der Waals surface area contributed by atoms with Crippen LogP contribution >= 0.6 is 15.9 Å². The Morgan fingerprint density at radius 2 is 1.93 bits per heavy atom. The number of halogens is 1. The van der Waals surface area contributed by atoms with Gasteiger partial charge in [-0.25, -0.2) is 0 Å². The Morgan fingerprint density at radius 3 is 2.68 bits per heavy atom. The number of nitrogens with zero attached hydrogens (tertiary/aromatic N) is 1. The van der Waals surface area contributed by atoms with Crippen molar-refractivity contribution < 1.29 is 9.53 Å². The zero-order valence-electron chi connectivity index (χ0n) is 15.9. The molecule has 28 heavy (non-hydrogen) atoms. The molecule has 1 amide bonds. The summed E-state index contributed by atoms with van der Waals surface area (Å²) in [5.41, 5.74) is 3.53. The molecule has 0 atom stereocenters. The van der Waals surface area contributed by atoms with Crippen LogP contribution in [0.15, 0.2) is 53.0 Å². The number of rotatable bonds is 5. The van der Waals surface area contributed by atoms with Crippen molar-refractivity contribution in [3.05, 3.63) is 64.3 Å². The molecule has 2 aromatic carbocycles. The van der Waals surface area contributed by atoms with Gasteiger partial charge in [0.25, 0.3) is 5.91 Å². The molecule has 2 heterocycles. The summed E-state index contributed by atoms with van der Waals surface area (Å²) in [5.74, 6) is -0.139. The number of aromatic nitrogens is 1. The van der Waals surface area contributed by atoms with Crippen LogP contribution in [0.1, 0.15) is 28.9 Å². The molecular formula is C22H24BrN3O2. The molecule has 0 bridgehead atoms. The smallest absolute Gasteiger partial charge is 0.272 e. The number of ether oxygens (including phenoxy) is 1. The fourth-order valence-electron chi connectivity index (χ4n) is 3.66. The summed E-state index contributed by atoms with van der Waals surface area (Å²) in [5, 5.41) is 3.97. The SMILES string of the molecule is CN(Cc1ccc(NC(=O)c2cc3cc(Br)ccc3[nH]2)cc1)C1CCOCC1. The Bertz CT molecular complexity index is 962. The molecule has 1 fully saturated rings. The third-order valence-corrected chi connectivity index (χ3v) is 5.78. The van der Waals surface area contributed by atoms with Crippen molar-refractivity contribution in [3.8, 4) is 0 Å². The molecule has 0 aliphatic carbocycles. The Balaban J connectivity index is 1.38. The monoisotopic (exact) mass is 441 g/mol. The lowest BCUT2D eigenvalue weighted by molar-refractivity contribution is 0.0407. The number of aromatic amines is 1. The van der Waals surface area contributed by atoms with E-state index in [1.54, 1.807) is 0 Å². The van der Waals surface area contributed by atoms with Crippen molar-refractivity contribution >= 4 is 38.4 Å². The highest BCUT2D eigenvalue weighted by atomic mass is 79.9. The molecule has 5 nitrogen and oxygen atoms in total. The summed E-state index contributed by atoms with van der Waals surface area (Å²) in [6.07, 6.45) is 2.18. The van der Waals surface area contributed by atoms with Gasteiger partial charge in [-0.2, -0.15) is 0 Å². The van der Waals surface area contributed by atoms with Crippen molar-refractivity contribution in [1.29, 1.82) is 0 Å². The van der Waals surface area contributed by atoms with E-state index in [-0.39, 0.29) is 5.91 Å². The molecule has 1 saturated heterocycles. The van der Waals surface area contributed by atoms with Crippen molar-refractivity contribution in [2.45, 2.75) is 25.4 Å². The van der Waals surface area contributed by atoms with Gasteiger partial charge in [0.15, 0.2) is 0 Å². The van der Waals surface area contributed by atoms with Gasteiger partial charge in [-0.1, -0.05) is 28.1 Å². The first-order valence-electron chi connectivity index (χ1n) is 9.55. The average Bonchev–Trinajstić information content (AvgIpc) is 3.13. The molecule has 1 aliphatic rings. The van der Waals surface area contributed by atoms with Crippen molar-refractivity contribution in [2.75, 3.05) is 25.6 Å². The molecule has 4 rings (SSSR count). The van der Waals surface area contributed by atoms with Crippen molar-refractivity contribution in [3.63, 3.8) is 0 Å². The normalized spacial score (nSPS) is 15.2. The highest BCUT2D eigenvalue weighted by molar-refractivity contribution is 9.10. The minimum atomic E-state index is -0.139. The van der Waals surface area contributed by atoms with Gasteiger partial charge in [0.2, 0.25) is 0 Å². The van der Waals surface area contributed by atoms with Crippen LogP contribution in [-0.2, 0) is 11.3 Å². The Labute approximate surface area is 173 Å². The average molecular weight is 442 g/mol. The fraction of sp³-hybridized carbons (Fsp3) is 0.318. The van der Waals surface area contributed by atoms with Gasteiger partial charge in [-0.05, 0) is 61.9 Å². The predicted octanol–water partition coefficient (Wildman–Crippen LogP) is 4.79. The molecule has 3 aromatic rings. The molecule has 1 aromatic heterocycles. The molecule has 0 radical (unpaired) electrons. The predicted molar refractivity (Wildman–Crippen MR) is 116 cm³/mol. The number of fused-ring (bicyclic) bond motifs is 1. The van der Waals surface area contributed by atoms with Crippen LogP contribution < -0.4 is 5.32 Å². The van der Waals surface area contributed by atoms with E-state index in [0.717, 1.165) is 53.7 Å². The second kappa shape index (κ2) is 8.47. The number of hydrogen-bond donors (Lipinski definition) is 2. The minimum absolute atomic E-state index is 0.139. The summed E-state index contributed by atoms with van der Waals surface area (Å²) < 4.78 is 6.44. The lowest BCUT2D eigenvalue weighted by atomic mass is 10.1. The number of anilines is 1. The second-order valence-corrected chi connectivity index (χ2v) is 8.24. The van der Waals surface area contributed by atoms with Gasteiger partial charge in [0, 0.05) is 46.9 Å². The van der Waals surface area contributed by atoms with E-state index >= 15 is 0 Å². The number of H-pyrrole nitrogens is 1. The Kier molecular flexibility index (Phi) is 5.80. The topological polar surface area (TPSA) is 57.4 Å². The number of amides is 1. The van der Waals surface area contributed by atoms with Gasteiger partial charge >= 0.3 is 0 Å². The van der Waals surface area contributed by atoms with E-state index in [4.69, 9.17) is 4.74 Å². The largest absolute Gasteiger partial charge is 0.381 e. The van der Waals surface area contributed by atoms with Crippen LogP contribution in [0, 0.1) is 0 Å². The van der Waals surface area contributed by atoms with E-state index in [1.165, 1.54) is 5.56 Å². The van der Waals surface area contributed by atoms with Crippen molar-refractivity contribution in [2.24, 2.45) is 0 Å². The molecule has 2 N–H and O–H groups in total. The maximum atomic E-state index is 12.6. The van der Waals surface area contributed by atoms with E-state index in [0.29, 0.717) is 11.7 Å². The maximum Gasteiger partial charge on any atom is 0.272 e. The van der Waals surface area contributed by atoms with Gasteiger partial charge in [-0.3, -0.25) is 9.69 Å². The lowest BCUT2D eigenvalue weighted by Gasteiger charge is -2.31. The first-order chi connectivity index (χ1) is 13.6. The van der Waals surface area contributed by atoms with Crippen LogP contribution in [0.4, 0.5) is 5.69 Å². The van der Waals surface area contributed by atoms with Gasteiger partial charge < -0.3 is 15.0 Å². The summed E-state index contributed by atoms with van der Waals surface area (Å²) in [7, 11) is 2.17. The zero-order chi connectivity index (χ0) is 19.5. The molecule has 146 valence electrons. The molecule has 0 spiro atoms. The standard InChI is InChI=1S/C22H24BrN3O2/c1-26(19-8-10-28-11-9-19)14-15-2-5-18(6-3-15)24-22(27)21-13-16-12-17(23)4-7-20(16)25-21/h2-7,12-13,19,25H,8-11,14H2,1H3,(H,24,27). The zero-order valence-corrected chi connectivity index (χ0v) is 17.5. The van der Waals surface area contributed by atoms with E-state index in [1.807, 2.05) is 36.4 Å². The Morgan fingerprint density at radius 1 is 1.18 bits per heavy atom. The summed E-state index contributed by atoms with van der Waals surface area (Å²) >= 11 is 3.46. The molecule has 0 saturated carbocycles. The van der Waals surface area contributed by atoms with Crippen LogP contribution in [0.25, 0.3) is 10.9 Å². The minimum Gasteiger partial charge on any atom is -0.381 e. The number of carbonyl (C=O) groups is 1.